The van der Waals surface area contributed by atoms with E-state index in [4.69, 9.17) is 5.73 Å². The molecule has 0 heterocycles. The maximum Gasteiger partial charge on any atom is 0.255 e. The molecule has 0 saturated carbocycles. The van der Waals surface area contributed by atoms with Gasteiger partial charge in [0.2, 0.25) is 5.91 Å². The molecule has 0 saturated heterocycles. The smallest absolute Gasteiger partial charge is 0.255 e. The second kappa shape index (κ2) is 5.52. The number of nitrogens with two attached hydrogens (primary N) is 1. The van der Waals surface area contributed by atoms with Gasteiger partial charge in [-0.1, -0.05) is 6.07 Å². The van der Waals surface area contributed by atoms with Gasteiger partial charge in [0.05, 0.1) is 0 Å². The van der Waals surface area contributed by atoms with Crippen molar-refractivity contribution in [3.8, 4) is 0 Å². The Bertz CT molecular complexity index is 683. The SMILES string of the molecule is Cc1cc(F)ccc1C(=O)Nc1cccc(C(N)=O)c1. The topological polar surface area (TPSA) is 72.2 Å². The molecule has 0 aromatic heterocycles. The van der Waals surface area contributed by atoms with Crippen molar-refractivity contribution in [1.82, 2.24) is 0 Å². The van der Waals surface area contributed by atoms with Crippen LogP contribution < -0.4 is 11.1 Å². The molecular formula is C15H13FN2O2. The van der Waals surface area contributed by atoms with Crippen molar-refractivity contribution in [3.05, 3.63) is 65.0 Å². The first-order valence-corrected chi connectivity index (χ1v) is 5.95. The third kappa shape index (κ3) is 3.00. The van der Waals surface area contributed by atoms with E-state index in [2.05, 4.69) is 5.32 Å². The van der Waals surface area contributed by atoms with Gasteiger partial charge in [-0.2, -0.15) is 0 Å². The van der Waals surface area contributed by atoms with Gasteiger partial charge in [0.25, 0.3) is 5.91 Å². The molecule has 0 bridgehead atoms. The molecule has 0 aliphatic carbocycles. The van der Waals surface area contributed by atoms with E-state index >= 15 is 0 Å². The lowest BCUT2D eigenvalue weighted by molar-refractivity contribution is 0.0996. The molecule has 4 nitrogen and oxygen atoms in total. The second-order valence-corrected chi connectivity index (χ2v) is 4.36. The molecule has 2 aromatic rings. The summed E-state index contributed by atoms with van der Waals surface area (Å²) < 4.78 is 13.0. The quantitative estimate of drug-likeness (QED) is 0.901. The summed E-state index contributed by atoms with van der Waals surface area (Å²) in [6, 6.07) is 10.2. The summed E-state index contributed by atoms with van der Waals surface area (Å²) >= 11 is 0. The molecule has 2 rings (SSSR count). The highest BCUT2D eigenvalue weighted by molar-refractivity contribution is 6.05. The Labute approximate surface area is 115 Å². The van der Waals surface area contributed by atoms with Gasteiger partial charge in [0.1, 0.15) is 5.82 Å². The van der Waals surface area contributed by atoms with Gasteiger partial charge >= 0.3 is 0 Å². The van der Waals surface area contributed by atoms with Crippen LogP contribution in [0, 0.1) is 12.7 Å². The Morgan fingerprint density at radius 1 is 1.15 bits per heavy atom. The first-order valence-electron chi connectivity index (χ1n) is 5.95. The number of hydrogen-bond acceptors (Lipinski definition) is 2. The Hall–Kier alpha value is -2.69. The number of rotatable bonds is 3. The summed E-state index contributed by atoms with van der Waals surface area (Å²) in [5.41, 5.74) is 6.84. The van der Waals surface area contributed by atoms with Crippen LogP contribution in [0.1, 0.15) is 26.3 Å². The van der Waals surface area contributed by atoms with E-state index in [1.165, 1.54) is 24.3 Å². The molecule has 2 amide bonds. The van der Waals surface area contributed by atoms with Crippen LogP contribution >= 0.6 is 0 Å². The van der Waals surface area contributed by atoms with Crippen molar-refractivity contribution in [3.63, 3.8) is 0 Å². The highest BCUT2D eigenvalue weighted by atomic mass is 19.1. The molecule has 102 valence electrons. The predicted molar refractivity (Wildman–Crippen MR) is 74.1 cm³/mol. The van der Waals surface area contributed by atoms with Gasteiger partial charge in [0.15, 0.2) is 0 Å². The lowest BCUT2D eigenvalue weighted by Gasteiger charge is -2.08. The maximum absolute atomic E-state index is 13.0. The number of carbonyl (C=O) groups is 2. The first-order chi connectivity index (χ1) is 9.47. The average molecular weight is 272 g/mol. The highest BCUT2D eigenvalue weighted by Gasteiger charge is 2.10. The van der Waals surface area contributed by atoms with Crippen molar-refractivity contribution < 1.29 is 14.0 Å². The molecule has 0 aliphatic rings. The van der Waals surface area contributed by atoms with Crippen LogP contribution in [-0.2, 0) is 0 Å². The van der Waals surface area contributed by atoms with Crippen LogP contribution in [0.2, 0.25) is 0 Å². The van der Waals surface area contributed by atoms with E-state index in [0.717, 1.165) is 0 Å². The van der Waals surface area contributed by atoms with E-state index in [-0.39, 0.29) is 5.91 Å². The number of hydrogen-bond donors (Lipinski definition) is 2. The standard InChI is InChI=1S/C15H13FN2O2/c1-9-7-11(16)5-6-13(9)15(20)18-12-4-2-3-10(8-12)14(17)19/h2-8H,1H3,(H2,17,19)(H,18,20). The van der Waals surface area contributed by atoms with Crippen LogP contribution in [0.4, 0.5) is 10.1 Å². The largest absolute Gasteiger partial charge is 0.366 e. The number of anilines is 1. The summed E-state index contributed by atoms with van der Waals surface area (Å²) in [6.07, 6.45) is 0. The molecule has 0 fully saturated rings. The summed E-state index contributed by atoms with van der Waals surface area (Å²) in [5, 5.41) is 2.64. The van der Waals surface area contributed by atoms with Gasteiger partial charge in [0, 0.05) is 16.8 Å². The van der Waals surface area contributed by atoms with Gasteiger partial charge in [-0.05, 0) is 48.9 Å². The van der Waals surface area contributed by atoms with Crippen molar-refractivity contribution in [2.24, 2.45) is 5.73 Å². The Kier molecular flexibility index (Phi) is 3.79. The molecule has 0 spiro atoms. The first kappa shape index (κ1) is 13.7. The lowest BCUT2D eigenvalue weighted by Crippen LogP contribution is -2.15. The zero-order valence-electron chi connectivity index (χ0n) is 10.8. The van der Waals surface area contributed by atoms with Crippen molar-refractivity contribution in [2.45, 2.75) is 6.92 Å². The molecule has 5 heteroatoms. The number of primary amides is 1. The number of benzene rings is 2. The Morgan fingerprint density at radius 3 is 2.55 bits per heavy atom. The molecule has 3 N–H and O–H groups in total. The normalized spacial score (nSPS) is 10.1. The number of carbonyl (C=O) groups excluding carboxylic acids is 2. The fourth-order valence-corrected chi connectivity index (χ4v) is 1.83. The number of halogens is 1. The summed E-state index contributed by atoms with van der Waals surface area (Å²) in [5.74, 6) is -1.34. The molecule has 0 atom stereocenters. The number of aryl methyl sites for hydroxylation is 1. The second-order valence-electron chi connectivity index (χ2n) is 4.36. The third-order valence-corrected chi connectivity index (χ3v) is 2.84. The minimum absolute atomic E-state index is 0.304. The average Bonchev–Trinajstić information content (AvgIpc) is 2.38. The van der Waals surface area contributed by atoms with Gasteiger partial charge in [-0.25, -0.2) is 4.39 Å². The van der Waals surface area contributed by atoms with Crippen molar-refractivity contribution in [2.75, 3.05) is 5.32 Å². The molecule has 20 heavy (non-hydrogen) atoms. The molecule has 0 aliphatic heterocycles. The zero-order valence-corrected chi connectivity index (χ0v) is 10.8. The molecular weight excluding hydrogens is 259 g/mol. The van der Waals surface area contributed by atoms with Crippen LogP contribution in [0.5, 0.6) is 0 Å². The van der Waals surface area contributed by atoms with E-state index in [1.807, 2.05) is 0 Å². The van der Waals surface area contributed by atoms with Crippen LogP contribution in [0.3, 0.4) is 0 Å². The lowest BCUT2D eigenvalue weighted by atomic mass is 10.1. The van der Waals surface area contributed by atoms with Crippen LogP contribution in [0.25, 0.3) is 0 Å². The van der Waals surface area contributed by atoms with Crippen LogP contribution in [-0.4, -0.2) is 11.8 Å². The van der Waals surface area contributed by atoms with E-state index in [9.17, 15) is 14.0 Å². The van der Waals surface area contributed by atoms with Crippen LogP contribution in [0.15, 0.2) is 42.5 Å². The van der Waals surface area contributed by atoms with E-state index in [0.29, 0.717) is 22.4 Å². The van der Waals surface area contributed by atoms with Crippen molar-refractivity contribution >= 4 is 17.5 Å². The predicted octanol–water partition coefficient (Wildman–Crippen LogP) is 2.49. The summed E-state index contributed by atoms with van der Waals surface area (Å²) in [6.45, 7) is 1.65. The third-order valence-electron chi connectivity index (χ3n) is 2.84. The van der Waals surface area contributed by atoms with Gasteiger partial charge in [-0.3, -0.25) is 9.59 Å². The van der Waals surface area contributed by atoms with E-state index < -0.39 is 11.7 Å². The minimum atomic E-state index is -0.570. The monoisotopic (exact) mass is 272 g/mol. The molecule has 0 radical (unpaired) electrons. The highest BCUT2D eigenvalue weighted by Crippen LogP contribution is 2.15. The Morgan fingerprint density at radius 2 is 1.90 bits per heavy atom. The maximum atomic E-state index is 13.0. The number of nitrogens with one attached hydrogen (secondary N) is 1. The fourth-order valence-electron chi connectivity index (χ4n) is 1.83. The van der Waals surface area contributed by atoms with E-state index in [1.54, 1.807) is 25.1 Å². The van der Waals surface area contributed by atoms with Gasteiger partial charge in [-0.15, -0.1) is 0 Å². The molecule has 0 unspecified atom stereocenters. The Balaban J connectivity index is 2.23. The minimum Gasteiger partial charge on any atom is -0.366 e. The molecule has 2 aromatic carbocycles. The number of amides is 2. The fraction of sp³-hybridized carbons (Fsp3) is 0.0667. The summed E-state index contributed by atoms with van der Waals surface area (Å²) in [7, 11) is 0. The zero-order chi connectivity index (χ0) is 14.7. The summed E-state index contributed by atoms with van der Waals surface area (Å²) in [4.78, 5) is 23.1. The van der Waals surface area contributed by atoms with Gasteiger partial charge < -0.3 is 11.1 Å². The van der Waals surface area contributed by atoms with Crippen molar-refractivity contribution in [1.29, 1.82) is 0 Å².